The summed E-state index contributed by atoms with van der Waals surface area (Å²) < 4.78 is 0. The third-order valence-electron chi connectivity index (χ3n) is 6.08. The lowest BCUT2D eigenvalue weighted by Crippen LogP contribution is -2.30. The number of benzene rings is 4. The van der Waals surface area contributed by atoms with Crippen LogP contribution >= 0.6 is 23.4 Å². The molecule has 208 valence electrons. The average Bonchev–Trinajstić information content (AvgIpc) is 2.98. The lowest BCUT2D eigenvalue weighted by molar-refractivity contribution is -0.114. The van der Waals surface area contributed by atoms with Gasteiger partial charge in [0.1, 0.15) is 5.70 Å². The van der Waals surface area contributed by atoms with Crippen molar-refractivity contribution in [1.82, 2.24) is 5.32 Å². The molecule has 8 heteroatoms. The quantitative estimate of drug-likeness (QED) is 0.132. The van der Waals surface area contributed by atoms with Gasteiger partial charge in [-0.05, 0) is 77.7 Å². The summed E-state index contributed by atoms with van der Waals surface area (Å²) in [7, 11) is 0. The van der Waals surface area contributed by atoms with E-state index in [1.807, 2.05) is 42.5 Å². The van der Waals surface area contributed by atoms with Crippen LogP contribution in [0.4, 0.5) is 11.4 Å². The summed E-state index contributed by atoms with van der Waals surface area (Å²) >= 11 is 7.69. The van der Waals surface area contributed by atoms with Crippen LogP contribution in [-0.4, -0.2) is 23.5 Å². The van der Waals surface area contributed by atoms with E-state index in [1.165, 1.54) is 23.4 Å². The molecule has 0 spiro atoms. The summed E-state index contributed by atoms with van der Waals surface area (Å²) in [5, 5.41) is 8.89. The molecule has 3 N–H and O–H groups in total. The van der Waals surface area contributed by atoms with Gasteiger partial charge >= 0.3 is 0 Å². The first-order chi connectivity index (χ1) is 19.8. The maximum absolute atomic E-state index is 13.2. The zero-order chi connectivity index (χ0) is 29.2. The number of thioether (sulfide) groups is 1. The van der Waals surface area contributed by atoms with Gasteiger partial charge in [-0.3, -0.25) is 14.4 Å². The highest BCUT2D eigenvalue weighted by Gasteiger charge is 2.16. The molecule has 0 aromatic heterocycles. The molecular formula is C33H30ClN3O3S. The molecule has 0 heterocycles. The molecule has 6 nitrogen and oxygen atoms in total. The van der Waals surface area contributed by atoms with Crippen LogP contribution in [0.2, 0.25) is 5.02 Å². The minimum absolute atomic E-state index is 0.0449. The molecule has 0 atom stereocenters. The molecule has 0 aliphatic rings. The predicted molar refractivity (Wildman–Crippen MR) is 168 cm³/mol. The number of amides is 3. The smallest absolute Gasteiger partial charge is 0.272 e. The largest absolute Gasteiger partial charge is 0.325 e. The summed E-state index contributed by atoms with van der Waals surface area (Å²) in [5.41, 5.74) is 3.57. The Morgan fingerprint density at radius 1 is 0.780 bits per heavy atom. The molecule has 3 amide bonds. The monoisotopic (exact) mass is 583 g/mol. The van der Waals surface area contributed by atoms with Gasteiger partial charge in [0.05, 0.1) is 5.75 Å². The first-order valence-corrected chi connectivity index (χ1v) is 14.4. The van der Waals surface area contributed by atoms with Crippen LogP contribution in [0.5, 0.6) is 0 Å². The van der Waals surface area contributed by atoms with E-state index in [9.17, 15) is 14.4 Å². The minimum Gasteiger partial charge on any atom is -0.325 e. The Balaban J connectivity index is 1.38. The van der Waals surface area contributed by atoms with E-state index < -0.39 is 11.8 Å². The molecule has 0 radical (unpaired) electrons. The van der Waals surface area contributed by atoms with Gasteiger partial charge in [0, 0.05) is 26.9 Å². The minimum atomic E-state index is -0.502. The van der Waals surface area contributed by atoms with E-state index in [4.69, 9.17) is 11.6 Å². The second-order valence-electron chi connectivity index (χ2n) is 9.49. The normalized spacial score (nSPS) is 11.2. The van der Waals surface area contributed by atoms with Gasteiger partial charge < -0.3 is 16.0 Å². The zero-order valence-electron chi connectivity index (χ0n) is 22.7. The zero-order valence-corrected chi connectivity index (χ0v) is 24.3. The number of carbonyl (C=O) groups is 3. The molecule has 4 rings (SSSR count). The third-order valence-corrected chi connectivity index (χ3v) is 7.43. The second-order valence-corrected chi connectivity index (χ2v) is 10.9. The van der Waals surface area contributed by atoms with Crippen LogP contribution in [0.25, 0.3) is 6.08 Å². The number of halogens is 1. The van der Waals surface area contributed by atoms with Gasteiger partial charge in [-0.2, -0.15) is 0 Å². The van der Waals surface area contributed by atoms with Crippen LogP contribution in [0.15, 0.2) is 114 Å². The highest BCUT2D eigenvalue weighted by atomic mass is 35.5. The molecule has 0 saturated carbocycles. The number of hydrogen-bond acceptors (Lipinski definition) is 4. The number of carbonyl (C=O) groups excluding carboxylic acids is 3. The number of rotatable bonds is 10. The van der Waals surface area contributed by atoms with E-state index in [0.717, 1.165) is 10.6 Å². The average molecular weight is 584 g/mol. The lowest BCUT2D eigenvalue weighted by Gasteiger charge is -2.12. The fourth-order valence-electron chi connectivity index (χ4n) is 3.82. The third kappa shape index (κ3) is 8.83. The van der Waals surface area contributed by atoms with E-state index in [2.05, 4.69) is 29.8 Å². The Labute approximate surface area is 249 Å². The standard InChI is InChI=1S/C33H30ClN3O3S/c1-22(2)23-12-14-26(15-13-23)35-31(38)21-41-28-18-16-27(17-19-28)36-33(40)30(20-25-10-6-7-11-29(25)34)37-32(39)24-8-4-3-5-9-24/h3-20,22H,21H2,1-2H3,(H,35,38)(H,36,40)(H,37,39)/b30-20-. The highest BCUT2D eigenvalue weighted by molar-refractivity contribution is 8.00. The Bertz CT molecular complexity index is 1540. The maximum atomic E-state index is 13.2. The SMILES string of the molecule is CC(C)c1ccc(NC(=O)CSc2ccc(NC(=O)/C(=C/c3ccccc3Cl)NC(=O)c3ccccc3)cc2)cc1. The number of anilines is 2. The van der Waals surface area contributed by atoms with Crippen molar-refractivity contribution in [2.45, 2.75) is 24.7 Å². The van der Waals surface area contributed by atoms with Crippen LogP contribution in [0.1, 0.15) is 41.3 Å². The van der Waals surface area contributed by atoms with Crippen molar-refractivity contribution in [3.8, 4) is 0 Å². The van der Waals surface area contributed by atoms with Crippen molar-refractivity contribution >= 4 is 58.5 Å². The topological polar surface area (TPSA) is 87.3 Å². The van der Waals surface area contributed by atoms with Gasteiger partial charge in [0.25, 0.3) is 11.8 Å². The maximum Gasteiger partial charge on any atom is 0.272 e. The Morgan fingerprint density at radius 3 is 2.05 bits per heavy atom. The fourth-order valence-corrected chi connectivity index (χ4v) is 4.71. The van der Waals surface area contributed by atoms with Gasteiger partial charge in [-0.15, -0.1) is 11.8 Å². The first kappa shape index (κ1) is 29.6. The van der Waals surface area contributed by atoms with Crippen LogP contribution in [-0.2, 0) is 9.59 Å². The molecule has 0 fully saturated rings. The number of hydrogen-bond donors (Lipinski definition) is 3. The van der Waals surface area contributed by atoms with E-state index in [1.54, 1.807) is 60.7 Å². The summed E-state index contributed by atoms with van der Waals surface area (Å²) in [6.07, 6.45) is 1.54. The summed E-state index contributed by atoms with van der Waals surface area (Å²) in [6.45, 7) is 4.25. The molecule has 41 heavy (non-hydrogen) atoms. The Morgan fingerprint density at radius 2 is 1.39 bits per heavy atom. The van der Waals surface area contributed by atoms with E-state index in [0.29, 0.717) is 27.8 Å². The lowest BCUT2D eigenvalue weighted by atomic mass is 10.0. The van der Waals surface area contributed by atoms with Crippen molar-refractivity contribution in [2.24, 2.45) is 0 Å². The van der Waals surface area contributed by atoms with Crippen LogP contribution in [0, 0.1) is 0 Å². The first-order valence-electron chi connectivity index (χ1n) is 13.0. The van der Waals surface area contributed by atoms with Gasteiger partial charge in [0.15, 0.2) is 0 Å². The van der Waals surface area contributed by atoms with Crippen molar-refractivity contribution in [3.63, 3.8) is 0 Å². The molecule has 0 aliphatic heterocycles. The summed E-state index contributed by atoms with van der Waals surface area (Å²) in [4.78, 5) is 39.3. The van der Waals surface area contributed by atoms with Crippen LogP contribution in [0.3, 0.4) is 0 Å². The fraction of sp³-hybridized carbons (Fsp3) is 0.121. The van der Waals surface area contributed by atoms with Crippen molar-refractivity contribution in [2.75, 3.05) is 16.4 Å². The van der Waals surface area contributed by atoms with Crippen molar-refractivity contribution < 1.29 is 14.4 Å². The van der Waals surface area contributed by atoms with Gasteiger partial charge in [-0.1, -0.05) is 74.0 Å². The van der Waals surface area contributed by atoms with E-state index in [-0.39, 0.29) is 17.4 Å². The highest BCUT2D eigenvalue weighted by Crippen LogP contribution is 2.23. The van der Waals surface area contributed by atoms with Gasteiger partial charge in [0.2, 0.25) is 5.91 Å². The molecule has 0 aliphatic carbocycles. The summed E-state index contributed by atoms with van der Waals surface area (Å²) in [6, 6.07) is 30.7. The Kier molecular flexibility index (Phi) is 10.4. The molecule has 4 aromatic rings. The molecular weight excluding hydrogens is 554 g/mol. The number of nitrogens with one attached hydrogen (secondary N) is 3. The molecule has 4 aromatic carbocycles. The van der Waals surface area contributed by atoms with Gasteiger partial charge in [-0.25, -0.2) is 0 Å². The van der Waals surface area contributed by atoms with Crippen LogP contribution < -0.4 is 16.0 Å². The van der Waals surface area contributed by atoms with E-state index >= 15 is 0 Å². The summed E-state index contributed by atoms with van der Waals surface area (Å²) in [5.74, 6) is -0.347. The van der Waals surface area contributed by atoms with Crippen molar-refractivity contribution in [3.05, 3.63) is 131 Å². The predicted octanol–water partition coefficient (Wildman–Crippen LogP) is 7.60. The molecule has 0 unspecified atom stereocenters. The second kappa shape index (κ2) is 14.3. The van der Waals surface area contributed by atoms with Crippen molar-refractivity contribution in [1.29, 1.82) is 0 Å². The Hall–Kier alpha value is -4.33. The molecule has 0 saturated heterocycles. The molecule has 0 bridgehead atoms.